The fourth-order valence-corrected chi connectivity index (χ4v) is 4.03. The van der Waals surface area contributed by atoms with Crippen LogP contribution < -0.4 is 20.7 Å². The first-order valence-corrected chi connectivity index (χ1v) is 11.7. The second-order valence-electron chi connectivity index (χ2n) is 7.57. The molecule has 1 atom stereocenters. The molecule has 0 radical (unpaired) electrons. The monoisotopic (exact) mass is 550 g/mol. The lowest BCUT2D eigenvalue weighted by atomic mass is 10.1. The van der Waals surface area contributed by atoms with E-state index in [-0.39, 0.29) is 0 Å². The quantitative estimate of drug-likeness (QED) is 0.205. The molecule has 3 amide bonds. The summed E-state index contributed by atoms with van der Waals surface area (Å²) in [6.45, 7) is 0. The average molecular weight is 552 g/mol. The van der Waals surface area contributed by atoms with Crippen LogP contribution in [0.25, 0.3) is 11.1 Å². The van der Waals surface area contributed by atoms with Gasteiger partial charge in [0, 0.05) is 33.0 Å². The van der Waals surface area contributed by atoms with Gasteiger partial charge in [-0.3, -0.25) is 4.79 Å². The number of anilines is 2. The molecule has 0 spiro atoms. The maximum Gasteiger partial charge on any atom is 0.320 e. The SMILES string of the molecule is O=C(Nc1ccc(Cl)cc1)NC(C(=O)Nc1ccc(-c2cc[n+]([O-])cc2)cc1)c1ccccc1Br. The highest BCUT2D eigenvalue weighted by molar-refractivity contribution is 9.10. The van der Waals surface area contributed by atoms with Crippen molar-refractivity contribution in [2.45, 2.75) is 6.04 Å². The number of nitrogens with one attached hydrogen (secondary N) is 3. The highest BCUT2D eigenvalue weighted by Gasteiger charge is 2.25. The van der Waals surface area contributed by atoms with E-state index in [1.54, 1.807) is 66.7 Å². The molecule has 1 aromatic heterocycles. The molecule has 176 valence electrons. The number of hydrogen-bond donors (Lipinski definition) is 3. The van der Waals surface area contributed by atoms with E-state index in [9.17, 15) is 14.8 Å². The van der Waals surface area contributed by atoms with E-state index in [0.29, 0.717) is 26.4 Å². The Hall–Kier alpha value is -3.88. The third kappa shape index (κ3) is 6.38. The third-order valence-electron chi connectivity index (χ3n) is 5.14. The van der Waals surface area contributed by atoms with E-state index in [0.717, 1.165) is 15.9 Å². The van der Waals surface area contributed by atoms with Crippen LogP contribution in [0, 0.1) is 5.21 Å². The van der Waals surface area contributed by atoms with E-state index in [4.69, 9.17) is 11.6 Å². The van der Waals surface area contributed by atoms with Crippen LogP contribution in [0.3, 0.4) is 0 Å². The Bertz CT molecular complexity index is 1330. The molecule has 35 heavy (non-hydrogen) atoms. The first-order valence-electron chi connectivity index (χ1n) is 10.6. The zero-order valence-electron chi connectivity index (χ0n) is 18.2. The van der Waals surface area contributed by atoms with Gasteiger partial charge in [0.1, 0.15) is 6.04 Å². The van der Waals surface area contributed by atoms with Crippen molar-refractivity contribution in [3.63, 3.8) is 0 Å². The maximum atomic E-state index is 13.3. The number of hydrogen-bond acceptors (Lipinski definition) is 3. The Morgan fingerprint density at radius 1 is 0.800 bits per heavy atom. The standard InChI is InChI=1S/C26H20BrClN4O3/c27-23-4-2-1-3-22(23)24(31-26(34)30-21-11-7-19(28)8-12-21)25(33)29-20-9-5-17(6-10-20)18-13-15-32(35)16-14-18/h1-16,24H,(H,29,33)(H2,30,31,34). The van der Waals surface area contributed by atoms with Gasteiger partial charge in [-0.2, -0.15) is 4.73 Å². The van der Waals surface area contributed by atoms with Crippen molar-refractivity contribution in [1.29, 1.82) is 0 Å². The molecular formula is C26H20BrClN4O3. The van der Waals surface area contributed by atoms with Gasteiger partial charge in [0.25, 0.3) is 5.91 Å². The van der Waals surface area contributed by atoms with Crippen LogP contribution in [0.4, 0.5) is 16.2 Å². The van der Waals surface area contributed by atoms with Crippen LogP contribution in [0.1, 0.15) is 11.6 Å². The van der Waals surface area contributed by atoms with E-state index < -0.39 is 18.0 Å². The Labute approximate surface area is 215 Å². The molecule has 0 aliphatic carbocycles. The molecule has 3 N–H and O–H groups in total. The maximum absolute atomic E-state index is 13.3. The fourth-order valence-electron chi connectivity index (χ4n) is 3.39. The van der Waals surface area contributed by atoms with Gasteiger partial charge in [0.2, 0.25) is 0 Å². The van der Waals surface area contributed by atoms with E-state index in [2.05, 4.69) is 31.9 Å². The van der Waals surface area contributed by atoms with Crippen molar-refractivity contribution in [2.24, 2.45) is 0 Å². The van der Waals surface area contributed by atoms with Gasteiger partial charge in [-0.1, -0.05) is 57.9 Å². The summed E-state index contributed by atoms with van der Waals surface area (Å²) in [6.07, 6.45) is 2.85. The number of aromatic nitrogens is 1. The van der Waals surface area contributed by atoms with Crippen LogP contribution in [-0.4, -0.2) is 11.9 Å². The summed E-state index contributed by atoms with van der Waals surface area (Å²) in [5, 5.41) is 20.1. The van der Waals surface area contributed by atoms with Gasteiger partial charge in [-0.15, -0.1) is 0 Å². The zero-order valence-corrected chi connectivity index (χ0v) is 20.6. The number of rotatable bonds is 6. The molecule has 1 unspecified atom stereocenters. The molecule has 0 aliphatic heterocycles. The second-order valence-corrected chi connectivity index (χ2v) is 8.86. The van der Waals surface area contributed by atoms with Crippen molar-refractivity contribution in [3.05, 3.63) is 118 Å². The van der Waals surface area contributed by atoms with Crippen molar-refractivity contribution in [3.8, 4) is 11.1 Å². The molecule has 0 bridgehead atoms. The van der Waals surface area contributed by atoms with Gasteiger partial charge in [0.15, 0.2) is 12.4 Å². The lowest BCUT2D eigenvalue weighted by molar-refractivity contribution is -0.605. The van der Waals surface area contributed by atoms with Gasteiger partial charge in [-0.05, 0) is 59.2 Å². The van der Waals surface area contributed by atoms with Crippen LogP contribution in [0.15, 0.2) is 102 Å². The molecule has 4 rings (SSSR count). The number of benzene rings is 3. The molecule has 1 heterocycles. The number of halogens is 2. The second kappa shape index (κ2) is 11.0. The Balaban J connectivity index is 1.51. The number of carbonyl (C=O) groups is 2. The minimum atomic E-state index is -0.973. The fraction of sp³-hybridized carbons (Fsp3) is 0.0385. The molecule has 9 heteroatoms. The topological polar surface area (TPSA) is 97.2 Å². The average Bonchev–Trinajstić information content (AvgIpc) is 2.85. The number of pyridine rings is 1. The minimum absolute atomic E-state index is 0.414. The smallest absolute Gasteiger partial charge is 0.320 e. The first kappa shape index (κ1) is 24.3. The van der Waals surface area contributed by atoms with E-state index in [1.165, 1.54) is 12.4 Å². The molecule has 0 fully saturated rings. The third-order valence-corrected chi connectivity index (χ3v) is 6.12. The van der Waals surface area contributed by atoms with Crippen molar-refractivity contribution in [2.75, 3.05) is 10.6 Å². The largest absolute Gasteiger partial charge is 0.619 e. The highest BCUT2D eigenvalue weighted by atomic mass is 79.9. The van der Waals surface area contributed by atoms with Gasteiger partial charge >= 0.3 is 6.03 Å². The van der Waals surface area contributed by atoms with Crippen LogP contribution in [0.5, 0.6) is 0 Å². The molecule has 0 saturated carbocycles. The number of carbonyl (C=O) groups excluding carboxylic acids is 2. The van der Waals surface area contributed by atoms with E-state index in [1.807, 2.05) is 18.2 Å². The van der Waals surface area contributed by atoms with Crippen molar-refractivity contribution in [1.82, 2.24) is 5.32 Å². The summed E-state index contributed by atoms with van der Waals surface area (Å²) in [5.41, 5.74) is 3.47. The zero-order chi connectivity index (χ0) is 24.8. The molecule has 3 aromatic carbocycles. The van der Waals surface area contributed by atoms with Gasteiger partial charge in [0.05, 0.1) is 0 Å². The lowest BCUT2D eigenvalue weighted by Crippen LogP contribution is -2.39. The summed E-state index contributed by atoms with van der Waals surface area (Å²) < 4.78 is 1.40. The predicted octanol–water partition coefficient (Wildman–Crippen LogP) is 5.90. The minimum Gasteiger partial charge on any atom is -0.619 e. The first-order chi connectivity index (χ1) is 16.9. The Morgan fingerprint density at radius 2 is 1.37 bits per heavy atom. The summed E-state index contributed by atoms with van der Waals surface area (Å²) >= 11 is 9.36. The summed E-state index contributed by atoms with van der Waals surface area (Å²) in [7, 11) is 0. The molecular weight excluding hydrogens is 532 g/mol. The van der Waals surface area contributed by atoms with Crippen LogP contribution in [-0.2, 0) is 4.79 Å². The highest BCUT2D eigenvalue weighted by Crippen LogP contribution is 2.26. The van der Waals surface area contributed by atoms with E-state index >= 15 is 0 Å². The van der Waals surface area contributed by atoms with Crippen molar-refractivity contribution < 1.29 is 14.3 Å². The molecule has 0 saturated heterocycles. The molecule has 4 aromatic rings. The number of urea groups is 1. The summed E-state index contributed by atoms with van der Waals surface area (Å²) in [5.74, 6) is -0.414. The normalized spacial score (nSPS) is 11.4. The Kier molecular flexibility index (Phi) is 7.64. The molecule has 7 nitrogen and oxygen atoms in total. The summed E-state index contributed by atoms with van der Waals surface area (Å²) in [6, 6.07) is 22.9. The van der Waals surface area contributed by atoms with Crippen LogP contribution >= 0.6 is 27.5 Å². The number of amides is 3. The van der Waals surface area contributed by atoms with Crippen molar-refractivity contribution >= 4 is 50.8 Å². The summed E-state index contributed by atoms with van der Waals surface area (Å²) in [4.78, 5) is 26.0. The van der Waals surface area contributed by atoms with Gasteiger partial charge in [-0.25, -0.2) is 4.79 Å². The predicted molar refractivity (Wildman–Crippen MR) is 140 cm³/mol. The Morgan fingerprint density at radius 3 is 2.03 bits per heavy atom. The molecule has 0 aliphatic rings. The van der Waals surface area contributed by atoms with Crippen LogP contribution in [0.2, 0.25) is 5.02 Å². The lowest BCUT2D eigenvalue weighted by Gasteiger charge is -2.20. The number of nitrogens with zero attached hydrogens (tertiary/aromatic N) is 1. The van der Waals surface area contributed by atoms with Gasteiger partial charge < -0.3 is 21.2 Å².